The number of nitrogens with one attached hydrogen (secondary N) is 1. The lowest BCUT2D eigenvalue weighted by Gasteiger charge is -2.35. The quantitative estimate of drug-likeness (QED) is 0.848. The molecule has 5 heteroatoms. The molecule has 1 aliphatic rings. The fraction of sp³-hybridized carbons (Fsp3) is 0.812. The zero-order valence-corrected chi connectivity index (χ0v) is 14.0. The van der Waals surface area contributed by atoms with Gasteiger partial charge in [0.1, 0.15) is 0 Å². The van der Waals surface area contributed by atoms with Crippen LogP contribution in [0.2, 0.25) is 0 Å². The van der Waals surface area contributed by atoms with Crippen LogP contribution in [0.15, 0.2) is 12.3 Å². The molecule has 2 heterocycles. The monoisotopic (exact) mass is 293 g/mol. The lowest BCUT2D eigenvalue weighted by Crippen LogP contribution is -2.52. The molecule has 0 saturated carbocycles. The van der Waals surface area contributed by atoms with Gasteiger partial charge in [-0.3, -0.25) is 4.68 Å². The zero-order valence-electron chi connectivity index (χ0n) is 14.0. The van der Waals surface area contributed by atoms with Gasteiger partial charge >= 0.3 is 0 Å². The van der Waals surface area contributed by atoms with Gasteiger partial charge in [0.2, 0.25) is 0 Å². The van der Waals surface area contributed by atoms with Crippen LogP contribution in [0.25, 0.3) is 0 Å². The van der Waals surface area contributed by atoms with Gasteiger partial charge in [0, 0.05) is 37.6 Å². The van der Waals surface area contributed by atoms with Crippen molar-refractivity contribution in [3.8, 4) is 0 Å². The molecule has 120 valence electrons. The maximum Gasteiger partial charge on any atom is 0.0492 e. The highest BCUT2D eigenvalue weighted by atomic mass is 15.3. The van der Waals surface area contributed by atoms with E-state index in [1.165, 1.54) is 25.2 Å². The van der Waals surface area contributed by atoms with E-state index in [1.807, 2.05) is 17.9 Å². The number of hydrogen-bond donors (Lipinski definition) is 1. The van der Waals surface area contributed by atoms with E-state index >= 15 is 0 Å². The van der Waals surface area contributed by atoms with Crippen LogP contribution in [0.4, 0.5) is 0 Å². The van der Waals surface area contributed by atoms with E-state index in [-0.39, 0.29) is 0 Å². The standard InChI is InChI=1S/C16H31N5/c1-5-17-15(8-7-14-9-10-18-21(14)4)16-13-19(2)11-6-12-20(16)3/h9-10,15-17H,5-8,11-13H2,1-4H3. The summed E-state index contributed by atoms with van der Waals surface area (Å²) in [6.07, 6.45) is 5.41. The summed E-state index contributed by atoms with van der Waals surface area (Å²) in [5.74, 6) is 0. The van der Waals surface area contributed by atoms with Crippen molar-refractivity contribution >= 4 is 0 Å². The SMILES string of the molecule is CCNC(CCc1ccnn1C)C1CN(C)CCCN1C. The Morgan fingerprint density at radius 2 is 2.14 bits per heavy atom. The Morgan fingerprint density at radius 1 is 1.33 bits per heavy atom. The van der Waals surface area contributed by atoms with Crippen molar-refractivity contribution in [3.05, 3.63) is 18.0 Å². The number of aryl methyl sites for hydroxylation is 2. The minimum Gasteiger partial charge on any atom is -0.313 e. The maximum absolute atomic E-state index is 4.27. The van der Waals surface area contributed by atoms with Crippen molar-refractivity contribution in [1.29, 1.82) is 0 Å². The second kappa shape index (κ2) is 7.92. The molecule has 1 aliphatic heterocycles. The van der Waals surface area contributed by atoms with Crippen LogP contribution in [0, 0.1) is 0 Å². The van der Waals surface area contributed by atoms with Gasteiger partial charge in [0.15, 0.2) is 0 Å². The summed E-state index contributed by atoms with van der Waals surface area (Å²) in [6, 6.07) is 3.26. The Labute approximate surface area is 129 Å². The molecule has 5 nitrogen and oxygen atoms in total. The Balaban J connectivity index is 2.00. The normalized spacial score (nSPS) is 23.1. The summed E-state index contributed by atoms with van der Waals surface area (Å²) >= 11 is 0. The van der Waals surface area contributed by atoms with E-state index in [1.54, 1.807) is 0 Å². The molecule has 1 N–H and O–H groups in total. The fourth-order valence-electron chi connectivity index (χ4n) is 3.38. The fourth-order valence-corrected chi connectivity index (χ4v) is 3.38. The molecule has 1 aromatic heterocycles. The van der Waals surface area contributed by atoms with Crippen molar-refractivity contribution < 1.29 is 0 Å². The molecule has 1 saturated heterocycles. The molecule has 2 unspecified atom stereocenters. The second-order valence-corrected chi connectivity index (χ2v) is 6.31. The van der Waals surface area contributed by atoms with Gasteiger partial charge in [-0.25, -0.2) is 0 Å². The Kier molecular flexibility index (Phi) is 6.21. The Hall–Kier alpha value is -0.910. The number of rotatable bonds is 6. The van der Waals surface area contributed by atoms with Gasteiger partial charge in [-0.2, -0.15) is 5.10 Å². The van der Waals surface area contributed by atoms with Crippen molar-refractivity contribution in [2.75, 3.05) is 40.3 Å². The first-order valence-electron chi connectivity index (χ1n) is 8.21. The predicted octanol–water partition coefficient (Wildman–Crippen LogP) is 0.967. The summed E-state index contributed by atoms with van der Waals surface area (Å²) in [5, 5.41) is 7.99. The number of hydrogen-bond acceptors (Lipinski definition) is 4. The van der Waals surface area contributed by atoms with Gasteiger partial charge < -0.3 is 15.1 Å². The molecule has 0 radical (unpaired) electrons. The summed E-state index contributed by atoms with van der Waals surface area (Å²) in [4.78, 5) is 5.02. The van der Waals surface area contributed by atoms with E-state index in [0.29, 0.717) is 12.1 Å². The summed E-state index contributed by atoms with van der Waals surface area (Å²) in [7, 11) is 6.55. The lowest BCUT2D eigenvalue weighted by molar-refractivity contribution is 0.173. The van der Waals surface area contributed by atoms with Crippen molar-refractivity contribution in [1.82, 2.24) is 24.9 Å². The van der Waals surface area contributed by atoms with E-state index in [9.17, 15) is 0 Å². The van der Waals surface area contributed by atoms with Crippen LogP contribution in [-0.2, 0) is 13.5 Å². The van der Waals surface area contributed by atoms with Crippen LogP contribution < -0.4 is 5.32 Å². The molecule has 0 aromatic carbocycles. The van der Waals surface area contributed by atoms with Crippen molar-refractivity contribution in [2.45, 2.75) is 38.3 Å². The van der Waals surface area contributed by atoms with Crippen LogP contribution in [-0.4, -0.2) is 71.9 Å². The van der Waals surface area contributed by atoms with Crippen molar-refractivity contribution in [3.63, 3.8) is 0 Å². The molecule has 1 aromatic rings. The van der Waals surface area contributed by atoms with Crippen LogP contribution in [0.1, 0.15) is 25.5 Å². The molecule has 1 fully saturated rings. The zero-order chi connectivity index (χ0) is 15.2. The topological polar surface area (TPSA) is 36.3 Å². The third kappa shape index (κ3) is 4.53. The van der Waals surface area contributed by atoms with Gasteiger partial charge in [-0.05, 0) is 59.1 Å². The minimum atomic E-state index is 0.537. The predicted molar refractivity (Wildman–Crippen MR) is 87.5 cm³/mol. The average Bonchev–Trinajstić information content (AvgIpc) is 2.78. The number of aromatic nitrogens is 2. The van der Waals surface area contributed by atoms with E-state index < -0.39 is 0 Å². The van der Waals surface area contributed by atoms with Crippen LogP contribution in [0.5, 0.6) is 0 Å². The molecule has 0 amide bonds. The smallest absolute Gasteiger partial charge is 0.0492 e. The van der Waals surface area contributed by atoms with Crippen LogP contribution >= 0.6 is 0 Å². The average molecular weight is 293 g/mol. The van der Waals surface area contributed by atoms with Gasteiger partial charge in [-0.15, -0.1) is 0 Å². The first kappa shape index (κ1) is 16.5. The van der Waals surface area contributed by atoms with Gasteiger partial charge in [0.25, 0.3) is 0 Å². The van der Waals surface area contributed by atoms with Gasteiger partial charge in [-0.1, -0.05) is 6.92 Å². The highest BCUT2D eigenvalue weighted by Gasteiger charge is 2.27. The minimum absolute atomic E-state index is 0.537. The summed E-state index contributed by atoms with van der Waals surface area (Å²) in [6.45, 7) is 6.80. The molecular weight excluding hydrogens is 262 g/mol. The Morgan fingerprint density at radius 3 is 2.81 bits per heavy atom. The third-order valence-electron chi connectivity index (χ3n) is 4.68. The number of nitrogens with zero attached hydrogens (tertiary/aromatic N) is 4. The molecule has 0 aliphatic carbocycles. The second-order valence-electron chi connectivity index (χ2n) is 6.31. The van der Waals surface area contributed by atoms with Crippen molar-refractivity contribution in [2.24, 2.45) is 7.05 Å². The van der Waals surface area contributed by atoms with E-state index in [0.717, 1.165) is 25.9 Å². The summed E-state index contributed by atoms with van der Waals surface area (Å²) < 4.78 is 1.99. The van der Waals surface area contributed by atoms with Gasteiger partial charge in [0.05, 0.1) is 0 Å². The highest BCUT2D eigenvalue weighted by Crippen LogP contribution is 2.15. The highest BCUT2D eigenvalue weighted by molar-refractivity contribution is 5.01. The molecule has 0 bridgehead atoms. The molecular formula is C16H31N5. The summed E-state index contributed by atoms with van der Waals surface area (Å²) in [5.41, 5.74) is 1.32. The Bertz CT molecular complexity index is 417. The first-order chi connectivity index (χ1) is 10.1. The van der Waals surface area contributed by atoms with E-state index in [4.69, 9.17) is 0 Å². The molecule has 2 rings (SSSR count). The molecule has 2 atom stereocenters. The third-order valence-corrected chi connectivity index (χ3v) is 4.68. The molecule has 0 spiro atoms. The number of likely N-dealkylation sites (N-methyl/N-ethyl adjacent to an activating group) is 3. The largest absolute Gasteiger partial charge is 0.313 e. The maximum atomic E-state index is 4.27. The first-order valence-corrected chi connectivity index (χ1v) is 8.21. The lowest BCUT2D eigenvalue weighted by atomic mass is 10.00. The van der Waals surface area contributed by atoms with E-state index in [2.05, 4.69) is 47.3 Å². The van der Waals surface area contributed by atoms with Crippen LogP contribution in [0.3, 0.4) is 0 Å². The molecule has 21 heavy (non-hydrogen) atoms.